The molecule has 27 heavy (non-hydrogen) atoms. The van der Waals surface area contributed by atoms with Gasteiger partial charge in [-0.2, -0.15) is 0 Å². The lowest BCUT2D eigenvalue weighted by molar-refractivity contribution is -0.126. The molecule has 7 nitrogen and oxygen atoms in total. The minimum atomic E-state index is -4.29. The first kappa shape index (κ1) is 19.5. The molecule has 148 valence electrons. The Morgan fingerprint density at radius 2 is 1.85 bits per heavy atom. The Labute approximate surface area is 155 Å². The Bertz CT molecular complexity index is 889. The Morgan fingerprint density at radius 1 is 1.22 bits per heavy atom. The molecule has 0 spiro atoms. The zero-order valence-electron chi connectivity index (χ0n) is 14.8. The number of carbonyl (C=O) groups excluding carboxylic acids is 2. The zero-order chi connectivity index (χ0) is 20.0. The van der Waals surface area contributed by atoms with E-state index in [0.29, 0.717) is 4.31 Å². The lowest BCUT2D eigenvalue weighted by Gasteiger charge is -2.28. The molecular formula is C17H19F2NO6S. The number of Topliss-reactive ketones (excluding diaryl/α,β-unsaturated/α-hetero) is 1. The molecule has 1 aliphatic carbocycles. The van der Waals surface area contributed by atoms with Gasteiger partial charge >= 0.3 is 0 Å². The Balaban J connectivity index is 1.87. The molecule has 0 atom stereocenters. The number of nitrogens with zero attached hydrogens (tertiary/aromatic N) is 1. The molecule has 0 bridgehead atoms. The lowest BCUT2D eigenvalue weighted by Crippen LogP contribution is -2.39. The third-order valence-electron chi connectivity index (χ3n) is 4.96. The van der Waals surface area contributed by atoms with Gasteiger partial charge in [-0.3, -0.25) is 9.59 Å². The van der Waals surface area contributed by atoms with Crippen LogP contribution in [0.25, 0.3) is 0 Å². The van der Waals surface area contributed by atoms with Crippen molar-refractivity contribution < 1.29 is 36.3 Å². The molecule has 1 aliphatic heterocycles. The molecule has 0 aromatic heterocycles. The van der Waals surface area contributed by atoms with Gasteiger partial charge in [0.15, 0.2) is 5.78 Å². The van der Waals surface area contributed by atoms with E-state index in [1.807, 2.05) is 0 Å². The minimum Gasteiger partial charge on any atom is -0.497 e. The number of methoxy groups -OCH3 is 2. The molecule has 10 heteroatoms. The maximum Gasteiger partial charge on any atom is 0.271 e. The molecule has 3 rings (SSSR count). The molecule has 0 unspecified atom stereocenters. The Morgan fingerprint density at radius 3 is 2.41 bits per heavy atom. The summed E-state index contributed by atoms with van der Waals surface area (Å²) >= 11 is 0. The standard InChI is InChI=1S/C17H19F2NO6S/c1-25-11-7-12-15(14(8-11)26-2)27(23,24)20(16(12)22)9-13(21)10-3-5-17(18,19)6-4-10/h7-8,10H,3-6,9H2,1-2H3. The number of ketones is 1. The maximum atomic E-state index is 13.3. The Hall–Kier alpha value is -2.23. The van der Waals surface area contributed by atoms with E-state index in [0.717, 1.165) is 0 Å². The van der Waals surface area contributed by atoms with Gasteiger partial charge in [-0.25, -0.2) is 21.5 Å². The molecule has 2 aliphatic rings. The van der Waals surface area contributed by atoms with Crippen molar-refractivity contribution in [1.82, 2.24) is 4.31 Å². The van der Waals surface area contributed by atoms with Crippen LogP contribution in [-0.2, 0) is 14.8 Å². The molecule has 1 fully saturated rings. The van der Waals surface area contributed by atoms with Gasteiger partial charge < -0.3 is 9.47 Å². The van der Waals surface area contributed by atoms with Crippen LogP contribution >= 0.6 is 0 Å². The van der Waals surface area contributed by atoms with Crippen molar-refractivity contribution >= 4 is 21.7 Å². The third-order valence-corrected chi connectivity index (χ3v) is 6.77. The second kappa shape index (κ2) is 6.74. The maximum absolute atomic E-state index is 13.3. The van der Waals surface area contributed by atoms with Crippen LogP contribution in [0.3, 0.4) is 0 Å². The number of carbonyl (C=O) groups is 2. The van der Waals surface area contributed by atoms with E-state index in [9.17, 15) is 26.8 Å². The van der Waals surface area contributed by atoms with Crippen molar-refractivity contribution in [3.8, 4) is 11.5 Å². The van der Waals surface area contributed by atoms with Crippen LogP contribution < -0.4 is 9.47 Å². The van der Waals surface area contributed by atoms with Crippen LogP contribution in [0.15, 0.2) is 17.0 Å². The quantitative estimate of drug-likeness (QED) is 0.749. The van der Waals surface area contributed by atoms with Crippen molar-refractivity contribution in [1.29, 1.82) is 0 Å². The molecule has 1 aromatic carbocycles. The number of halogens is 2. The zero-order valence-corrected chi connectivity index (χ0v) is 15.6. The van der Waals surface area contributed by atoms with Crippen molar-refractivity contribution in [2.75, 3.05) is 20.8 Å². The summed E-state index contributed by atoms with van der Waals surface area (Å²) in [5, 5.41) is 0. The van der Waals surface area contributed by atoms with Gasteiger partial charge in [0.1, 0.15) is 16.4 Å². The summed E-state index contributed by atoms with van der Waals surface area (Å²) < 4.78 is 62.7. The summed E-state index contributed by atoms with van der Waals surface area (Å²) in [6.07, 6.45) is -0.902. The average molecular weight is 403 g/mol. The van der Waals surface area contributed by atoms with Gasteiger partial charge in [0.05, 0.1) is 26.3 Å². The summed E-state index contributed by atoms with van der Waals surface area (Å²) in [7, 11) is -1.67. The van der Waals surface area contributed by atoms with Gasteiger partial charge in [-0.05, 0) is 18.9 Å². The number of hydrogen-bond acceptors (Lipinski definition) is 6. The molecule has 1 aromatic rings. The van der Waals surface area contributed by atoms with Crippen LogP contribution in [0.5, 0.6) is 11.5 Å². The van der Waals surface area contributed by atoms with Crippen molar-refractivity contribution in [2.45, 2.75) is 36.5 Å². The first-order valence-electron chi connectivity index (χ1n) is 8.34. The average Bonchev–Trinajstić information content (AvgIpc) is 2.81. The predicted molar refractivity (Wildman–Crippen MR) is 89.7 cm³/mol. The van der Waals surface area contributed by atoms with E-state index < -0.39 is 52.9 Å². The lowest BCUT2D eigenvalue weighted by atomic mass is 9.84. The van der Waals surface area contributed by atoms with Crippen LogP contribution in [0.1, 0.15) is 36.0 Å². The fraction of sp³-hybridized carbons (Fsp3) is 0.529. The molecule has 1 saturated carbocycles. The van der Waals surface area contributed by atoms with E-state index in [2.05, 4.69) is 0 Å². The normalized spacial score (nSPS) is 21.0. The van der Waals surface area contributed by atoms with Gasteiger partial charge in [0.25, 0.3) is 15.9 Å². The molecule has 1 heterocycles. The van der Waals surface area contributed by atoms with E-state index in [1.54, 1.807) is 0 Å². The summed E-state index contributed by atoms with van der Waals surface area (Å²) in [5.74, 6) is -4.72. The summed E-state index contributed by atoms with van der Waals surface area (Å²) in [6.45, 7) is -0.683. The predicted octanol–water partition coefficient (Wildman–Crippen LogP) is 2.24. The summed E-state index contributed by atoms with van der Waals surface area (Å²) in [5.41, 5.74) is -0.144. The van der Waals surface area contributed by atoms with Crippen LogP contribution in [0.2, 0.25) is 0 Å². The molecule has 0 saturated heterocycles. The van der Waals surface area contributed by atoms with E-state index in [-0.39, 0.29) is 34.8 Å². The van der Waals surface area contributed by atoms with Gasteiger partial charge in [-0.1, -0.05) is 0 Å². The number of benzene rings is 1. The van der Waals surface area contributed by atoms with Gasteiger partial charge in [0, 0.05) is 24.8 Å². The monoisotopic (exact) mass is 403 g/mol. The Kier molecular flexibility index (Phi) is 4.87. The summed E-state index contributed by atoms with van der Waals surface area (Å²) in [4.78, 5) is 24.8. The second-order valence-electron chi connectivity index (χ2n) is 6.62. The highest BCUT2D eigenvalue weighted by Gasteiger charge is 2.46. The fourth-order valence-electron chi connectivity index (χ4n) is 3.41. The van der Waals surface area contributed by atoms with Gasteiger partial charge in [-0.15, -0.1) is 0 Å². The number of alkyl halides is 2. The van der Waals surface area contributed by atoms with Crippen LogP contribution in [0.4, 0.5) is 8.78 Å². The van der Waals surface area contributed by atoms with Crippen molar-refractivity contribution in [2.24, 2.45) is 5.92 Å². The van der Waals surface area contributed by atoms with Crippen LogP contribution in [-0.4, -0.2) is 51.1 Å². The topological polar surface area (TPSA) is 90.0 Å². The molecule has 0 N–H and O–H groups in total. The number of ether oxygens (including phenoxy) is 2. The first-order valence-corrected chi connectivity index (χ1v) is 9.78. The highest BCUT2D eigenvalue weighted by Crippen LogP contribution is 2.41. The SMILES string of the molecule is COc1cc(OC)c2c(c1)C(=O)N(CC(=O)C1CCC(F)(F)CC1)S2(=O)=O. The largest absolute Gasteiger partial charge is 0.497 e. The third kappa shape index (κ3) is 3.38. The van der Waals surface area contributed by atoms with E-state index >= 15 is 0 Å². The fourth-order valence-corrected chi connectivity index (χ4v) is 5.07. The first-order chi connectivity index (χ1) is 12.6. The van der Waals surface area contributed by atoms with Gasteiger partial charge in [0.2, 0.25) is 5.92 Å². The molecular weight excluding hydrogens is 384 g/mol. The minimum absolute atomic E-state index is 0.0298. The second-order valence-corrected chi connectivity index (χ2v) is 8.42. The number of sulfonamides is 1. The van der Waals surface area contributed by atoms with Crippen LogP contribution in [0, 0.1) is 5.92 Å². The number of amides is 1. The smallest absolute Gasteiger partial charge is 0.271 e. The van der Waals surface area contributed by atoms with Crippen molar-refractivity contribution in [3.05, 3.63) is 17.7 Å². The van der Waals surface area contributed by atoms with Crippen molar-refractivity contribution in [3.63, 3.8) is 0 Å². The van der Waals surface area contributed by atoms with E-state index in [4.69, 9.17) is 9.47 Å². The molecule has 0 radical (unpaired) electrons. The number of fused-ring (bicyclic) bond motifs is 1. The van der Waals surface area contributed by atoms with E-state index in [1.165, 1.54) is 26.4 Å². The summed E-state index contributed by atoms with van der Waals surface area (Å²) in [6, 6.07) is 2.60. The number of rotatable bonds is 5. The highest BCUT2D eigenvalue weighted by molar-refractivity contribution is 7.90. The number of hydrogen-bond donors (Lipinski definition) is 0. The molecule has 1 amide bonds. The highest BCUT2D eigenvalue weighted by atomic mass is 32.2.